The summed E-state index contributed by atoms with van der Waals surface area (Å²) in [6.07, 6.45) is 1.59. The summed E-state index contributed by atoms with van der Waals surface area (Å²) in [6.45, 7) is -0.517. The zero-order valence-electron chi connectivity index (χ0n) is 11.1. The lowest BCUT2D eigenvalue weighted by atomic mass is 9.98. The highest BCUT2D eigenvalue weighted by Gasteiger charge is 2.29. The summed E-state index contributed by atoms with van der Waals surface area (Å²) in [5.74, 6) is -0.968. The topological polar surface area (TPSA) is 94.5 Å². The molecule has 1 unspecified atom stereocenters. The quantitative estimate of drug-likeness (QED) is 0.510. The number of carbonyl (C=O) groups is 1. The Morgan fingerprint density at radius 2 is 2.20 bits per heavy atom. The molecule has 1 aromatic heterocycles. The maximum atomic E-state index is 11.8. The number of aromatic nitrogens is 1. The van der Waals surface area contributed by atoms with Gasteiger partial charge in [-0.3, -0.25) is 14.9 Å². The Morgan fingerprint density at radius 3 is 2.80 bits per heavy atom. The van der Waals surface area contributed by atoms with E-state index >= 15 is 0 Å². The fourth-order valence-corrected chi connectivity index (χ4v) is 2.13. The van der Waals surface area contributed by atoms with Crippen molar-refractivity contribution in [2.24, 2.45) is 0 Å². The van der Waals surface area contributed by atoms with Crippen LogP contribution in [0.1, 0.15) is 11.5 Å². The van der Waals surface area contributed by atoms with Crippen LogP contribution in [-0.4, -0.2) is 36.6 Å². The Morgan fingerprint density at radius 1 is 1.45 bits per heavy atom. The van der Waals surface area contributed by atoms with Crippen molar-refractivity contribution >= 4 is 16.9 Å². The third-order valence-corrected chi connectivity index (χ3v) is 3.11. The van der Waals surface area contributed by atoms with E-state index in [1.807, 2.05) is 0 Å². The van der Waals surface area contributed by atoms with Gasteiger partial charge in [-0.1, -0.05) is 0 Å². The lowest BCUT2D eigenvalue weighted by Crippen LogP contribution is -2.22. The van der Waals surface area contributed by atoms with Gasteiger partial charge in [0, 0.05) is 22.0 Å². The van der Waals surface area contributed by atoms with E-state index in [2.05, 4.69) is 9.72 Å². The number of fused-ring (bicyclic) bond motifs is 1. The number of nitro groups is 1. The van der Waals surface area contributed by atoms with Crippen LogP contribution in [0, 0.1) is 10.1 Å². The van der Waals surface area contributed by atoms with Crippen molar-refractivity contribution in [3.63, 3.8) is 0 Å². The number of rotatable bonds is 5. The minimum Gasteiger partial charge on any atom is -0.497 e. The second-order valence-electron chi connectivity index (χ2n) is 4.25. The molecule has 0 radical (unpaired) electrons. The van der Waals surface area contributed by atoms with Gasteiger partial charge >= 0.3 is 5.97 Å². The molecule has 7 heteroatoms. The summed E-state index contributed by atoms with van der Waals surface area (Å²) in [5.41, 5.74) is 1.31. The maximum absolute atomic E-state index is 11.8. The number of nitrogens with one attached hydrogen (secondary N) is 1. The molecule has 1 atom stereocenters. The Balaban J connectivity index is 2.52. The number of carbonyl (C=O) groups excluding carboxylic acids is 1. The van der Waals surface area contributed by atoms with Gasteiger partial charge in [0.15, 0.2) is 0 Å². The van der Waals surface area contributed by atoms with Gasteiger partial charge in [0.05, 0.1) is 14.2 Å². The van der Waals surface area contributed by atoms with Crippen LogP contribution in [0.15, 0.2) is 24.4 Å². The van der Waals surface area contributed by atoms with E-state index in [1.54, 1.807) is 24.4 Å². The minimum atomic E-state index is -0.948. The molecule has 0 spiro atoms. The van der Waals surface area contributed by atoms with Gasteiger partial charge in [0.25, 0.3) is 0 Å². The van der Waals surface area contributed by atoms with Gasteiger partial charge in [0.1, 0.15) is 11.7 Å². The van der Waals surface area contributed by atoms with E-state index in [0.29, 0.717) is 16.7 Å². The first kappa shape index (κ1) is 13.9. The van der Waals surface area contributed by atoms with Crippen LogP contribution >= 0.6 is 0 Å². The highest BCUT2D eigenvalue weighted by molar-refractivity contribution is 5.90. The highest BCUT2D eigenvalue weighted by atomic mass is 16.6. The molecule has 0 saturated carbocycles. The monoisotopic (exact) mass is 278 g/mol. The normalized spacial score (nSPS) is 12.1. The van der Waals surface area contributed by atoms with Gasteiger partial charge in [-0.15, -0.1) is 0 Å². The zero-order chi connectivity index (χ0) is 14.7. The number of benzene rings is 1. The Hall–Kier alpha value is -2.57. The molecule has 7 nitrogen and oxygen atoms in total. The minimum absolute atomic E-state index is 0.517. The standard InChI is InChI=1S/C13H14N2O5/c1-19-8-3-4-12-9(5-8)10(6-14-12)11(7-15(17)18)13(16)20-2/h3-6,11,14H,7H2,1-2H3. The highest BCUT2D eigenvalue weighted by Crippen LogP contribution is 2.29. The molecule has 1 N–H and O–H groups in total. The molecule has 2 aromatic rings. The summed E-state index contributed by atoms with van der Waals surface area (Å²) >= 11 is 0. The van der Waals surface area contributed by atoms with Gasteiger partial charge in [-0.2, -0.15) is 0 Å². The van der Waals surface area contributed by atoms with Crippen molar-refractivity contribution in [2.45, 2.75) is 5.92 Å². The fourth-order valence-electron chi connectivity index (χ4n) is 2.13. The first-order valence-corrected chi connectivity index (χ1v) is 5.91. The van der Waals surface area contributed by atoms with Gasteiger partial charge < -0.3 is 14.5 Å². The molecule has 0 fully saturated rings. The Labute approximate surface area is 114 Å². The maximum Gasteiger partial charge on any atom is 0.319 e. The van der Waals surface area contributed by atoms with E-state index in [9.17, 15) is 14.9 Å². The summed E-state index contributed by atoms with van der Waals surface area (Å²) < 4.78 is 9.78. The van der Waals surface area contributed by atoms with E-state index in [0.717, 1.165) is 5.52 Å². The first-order valence-electron chi connectivity index (χ1n) is 5.91. The van der Waals surface area contributed by atoms with E-state index in [1.165, 1.54) is 14.2 Å². The molecule has 1 aromatic carbocycles. The molecule has 0 aliphatic heterocycles. The SMILES string of the molecule is COC(=O)C(C[N+](=O)[O-])c1c[nH]c2ccc(OC)cc12. The molecule has 0 aliphatic rings. The van der Waals surface area contributed by atoms with E-state index in [-0.39, 0.29) is 0 Å². The van der Waals surface area contributed by atoms with Crippen LogP contribution in [0.3, 0.4) is 0 Å². The number of nitrogens with zero attached hydrogens (tertiary/aromatic N) is 1. The molecular formula is C13H14N2O5. The number of hydrogen-bond acceptors (Lipinski definition) is 5. The van der Waals surface area contributed by atoms with Crippen LogP contribution in [0.25, 0.3) is 10.9 Å². The Bertz CT molecular complexity index is 649. The second kappa shape index (κ2) is 5.60. The summed E-state index contributed by atoms with van der Waals surface area (Å²) in [7, 11) is 2.74. The fraction of sp³-hybridized carbons (Fsp3) is 0.308. The van der Waals surface area contributed by atoms with Crippen molar-refractivity contribution in [3.05, 3.63) is 40.1 Å². The molecular weight excluding hydrogens is 264 g/mol. The number of esters is 1. The summed E-state index contributed by atoms with van der Waals surface area (Å²) in [6, 6.07) is 5.29. The molecule has 0 aliphatic carbocycles. The number of H-pyrrole nitrogens is 1. The van der Waals surface area contributed by atoms with Crippen LogP contribution in [-0.2, 0) is 9.53 Å². The van der Waals surface area contributed by atoms with E-state index in [4.69, 9.17) is 4.74 Å². The molecule has 0 bridgehead atoms. The largest absolute Gasteiger partial charge is 0.497 e. The number of aromatic amines is 1. The van der Waals surface area contributed by atoms with Crippen molar-refractivity contribution < 1.29 is 19.2 Å². The van der Waals surface area contributed by atoms with Crippen LogP contribution < -0.4 is 4.74 Å². The average Bonchev–Trinajstić information content (AvgIpc) is 2.86. The third kappa shape index (κ3) is 2.56. The van der Waals surface area contributed by atoms with Gasteiger partial charge in [-0.25, -0.2) is 0 Å². The zero-order valence-corrected chi connectivity index (χ0v) is 11.1. The molecule has 20 heavy (non-hydrogen) atoms. The lowest BCUT2D eigenvalue weighted by molar-refractivity contribution is -0.481. The summed E-state index contributed by atoms with van der Waals surface area (Å²) in [5, 5.41) is 11.5. The van der Waals surface area contributed by atoms with E-state index < -0.39 is 23.4 Å². The molecule has 0 amide bonds. The number of ether oxygens (including phenoxy) is 2. The van der Waals surface area contributed by atoms with Crippen molar-refractivity contribution in [1.29, 1.82) is 0 Å². The second-order valence-corrected chi connectivity index (χ2v) is 4.25. The van der Waals surface area contributed by atoms with Gasteiger partial charge in [0.2, 0.25) is 6.54 Å². The predicted octanol–water partition coefficient (Wildman–Crippen LogP) is 1.71. The smallest absolute Gasteiger partial charge is 0.319 e. The number of methoxy groups -OCH3 is 2. The average molecular weight is 278 g/mol. The van der Waals surface area contributed by atoms with Crippen LogP contribution in [0.2, 0.25) is 0 Å². The van der Waals surface area contributed by atoms with Crippen LogP contribution in [0.5, 0.6) is 5.75 Å². The lowest BCUT2D eigenvalue weighted by Gasteiger charge is -2.10. The van der Waals surface area contributed by atoms with Crippen molar-refractivity contribution in [2.75, 3.05) is 20.8 Å². The van der Waals surface area contributed by atoms with Crippen LogP contribution in [0.4, 0.5) is 0 Å². The third-order valence-electron chi connectivity index (χ3n) is 3.11. The van der Waals surface area contributed by atoms with Crippen molar-refractivity contribution in [1.82, 2.24) is 4.98 Å². The molecule has 2 rings (SSSR count). The Kier molecular flexibility index (Phi) is 3.88. The predicted molar refractivity (Wildman–Crippen MR) is 71.5 cm³/mol. The number of hydrogen-bond donors (Lipinski definition) is 1. The molecule has 106 valence electrons. The van der Waals surface area contributed by atoms with Crippen molar-refractivity contribution in [3.8, 4) is 5.75 Å². The summed E-state index contributed by atoms with van der Waals surface area (Å²) in [4.78, 5) is 25.0. The van der Waals surface area contributed by atoms with Gasteiger partial charge in [-0.05, 0) is 23.8 Å². The first-order chi connectivity index (χ1) is 9.56. The molecule has 1 heterocycles. The molecule has 0 saturated heterocycles.